The van der Waals surface area contributed by atoms with Crippen LogP contribution in [0.1, 0.15) is 63.0 Å². The number of rotatable bonds is 7. The predicted octanol–water partition coefficient (Wildman–Crippen LogP) is 5.70. The Balaban J connectivity index is 1.47. The van der Waals surface area contributed by atoms with Gasteiger partial charge in [-0.3, -0.25) is 4.79 Å². The van der Waals surface area contributed by atoms with Crippen molar-refractivity contribution in [1.29, 1.82) is 5.26 Å². The zero-order valence-corrected chi connectivity index (χ0v) is 18.8. The molecule has 1 aliphatic heterocycles. The molecule has 1 N–H and O–H groups in total. The molecular formula is C28H31N3O. The number of hydrogen-bond acceptors (Lipinski definition) is 3. The van der Waals surface area contributed by atoms with Crippen LogP contribution in [0.4, 0.5) is 0 Å². The van der Waals surface area contributed by atoms with Crippen molar-refractivity contribution in [3.8, 4) is 17.2 Å². The first-order valence-corrected chi connectivity index (χ1v) is 11.8. The van der Waals surface area contributed by atoms with Gasteiger partial charge in [0.05, 0.1) is 11.6 Å². The molecule has 2 fully saturated rings. The molecule has 4 heteroatoms. The highest BCUT2D eigenvalue weighted by atomic mass is 16.2. The molecule has 1 spiro atoms. The van der Waals surface area contributed by atoms with Gasteiger partial charge in [-0.2, -0.15) is 5.26 Å². The monoisotopic (exact) mass is 425 g/mol. The highest BCUT2D eigenvalue weighted by molar-refractivity contribution is 5.89. The van der Waals surface area contributed by atoms with Crippen molar-refractivity contribution in [3.05, 3.63) is 77.7 Å². The molecule has 164 valence electrons. The Morgan fingerprint density at radius 1 is 1.16 bits per heavy atom. The van der Waals surface area contributed by atoms with Gasteiger partial charge >= 0.3 is 0 Å². The molecule has 1 unspecified atom stereocenters. The Hall–Kier alpha value is -3.28. The summed E-state index contributed by atoms with van der Waals surface area (Å²) >= 11 is 0. The zero-order valence-electron chi connectivity index (χ0n) is 18.8. The van der Waals surface area contributed by atoms with Gasteiger partial charge in [-0.25, -0.2) is 0 Å². The van der Waals surface area contributed by atoms with E-state index in [1.54, 1.807) is 0 Å². The first-order chi connectivity index (χ1) is 15.7. The smallest absolute Gasteiger partial charge is 0.247 e. The molecule has 1 amide bonds. The maximum absolute atomic E-state index is 12.8. The molecule has 2 aliphatic rings. The number of amides is 1. The largest absolute Gasteiger partial charge is 0.336 e. The van der Waals surface area contributed by atoms with Crippen LogP contribution in [-0.4, -0.2) is 22.5 Å². The van der Waals surface area contributed by atoms with Crippen molar-refractivity contribution in [2.75, 3.05) is 0 Å². The molecule has 1 atom stereocenters. The quantitative estimate of drug-likeness (QED) is 0.579. The fraction of sp³-hybridized carbons (Fsp3) is 0.393. The molecule has 2 aromatic rings. The van der Waals surface area contributed by atoms with Gasteiger partial charge in [0.25, 0.3) is 0 Å². The normalized spacial score (nSPS) is 18.8. The van der Waals surface area contributed by atoms with Crippen LogP contribution in [0.2, 0.25) is 0 Å². The van der Waals surface area contributed by atoms with Crippen molar-refractivity contribution in [2.45, 2.75) is 70.0 Å². The van der Waals surface area contributed by atoms with E-state index in [2.05, 4.69) is 53.2 Å². The van der Waals surface area contributed by atoms with E-state index >= 15 is 0 Å². The number of unbranched alkanes of at least 4 members (excludes halogenated alkanes) is 1. The molecule has 0 bridgehead atoms. The van der Waals surface area contributed by atoms with Gasteiger partial charge in [0.15, 0.2) is 0 Å². The first kappa shape index (κ1) is 21.9. The number of nitriles is 1. The lowest BCUT2D eigenvalue weighted by atomic mass is 9.96. The van der Waals surface area contributed by atoms with E-state index in [1.807, 2.05) is 36.5 Å². The van der Waals surface area contributed by atoms with Crippen molar-refractivity contribution < 1.29 is 4.79 Å². The molecule has 0 radical (unpaired) electrons. The van der Waals surface area contributed by atoms with Crippen LogP contribution in [-0.2, 0) is 11.2 Å². The molecule has 4 nitrogen and oxygen atoms in total. The van der Waals surface area contributed by atoms with Gasteiger partial charge in [0, 0.05) is 6.20 Å². The number of nitrogens with zero attached hydrogens (tertiary/aromatic N) is 2. The van der Waals surface area contributed by atoms with Gasteiger partial charge in [-0.15, -0.1) is 5.73 Å². The van der Waals surface area contributed by atoms with Crippen LogP contribution < -0.4 is 5.32 Å². The topological polar surface area (TPSA) is 56.1 Å². The molecule has 1 aliphatic carbocycles. The SMILES string of the molecule is CCCCC1NC(=O)C2(CCCC2)N1C=C=CCc1ccc(-c2ccccc2C#N)cc1. The van der Waals surface area contributed by atoms with Crippen molar-refractivity contribution in [2.24, 2.45) is 0 Å². The second-order valence-electron chi connectivity index (χ2n) is 8.84. The Bertz CT molecular complexity index is 1050. The summed E-state index contributed by atoms with van der Waals surface area (Å²) in [6.07, 6.45) is 12.2. The third-order valence-corrected chi connectivity index (χ3v) is 6.79. The zero-order chi connectivity index (χ0) is 22.4. The summed E-state index contributed by atoms with van der Waals surface area (Å²) in [5.41, 5.74) is 6.89. The van der Waals surface area contributed by atoms with Crippen LogP contribution in [0.25, 0.3) is 11.1 Å². The molecule has 32 heavy (non-hydrogen) atoms. The lowest BCUT2D eigenvalue weighted by molar-refractivity contribution is -0.125. The predicted molar refractivity (Wildman–Crippen MR) is 127 cm³/mol. The van der Waals surface area contributed by atoms with Crippen LogP contribution >= 0.6 is 0 Å². The van der Waals surface area contributed by atoms with E-state index in [0.717, 1.165) is 62.5 Å². The van der Waals surface area contributed by atoms with E-state index in [-0.39, 0.29) is 17.6 Å². The van der Waals surface area contributed by atoms with Gasteiger partial charge in [-0.05, 0) is 60.9 Å². The van der Waals surface area contributed by atoms with Crippen molar-refractivity contribution >= 4 is 5.91 Å². The van der Waals surface area contributed by atoms with E-state index in [1.165, 1.54) is 5.56 Å². The minimum atomic E-state index is -0.366. The third-order valence-electron chi connectivity index (χ3n) is 6.79. The van der Waals surface area contributed by atoms with Crippen LogP contribution in [0.15, 0.2) is 66.5 Å². The maximum Gasteiger partial charge on any atom is 0.247 e. The van der Waals surface area contributed by atoms with Crippen molar-refractivity contribution in [3.63, 3.8) is 0 Å². The van der Waals surface area contributed by atoms with Gasteiger partial charge in [0.1, 0.15) is 11.7 Å². The minimum Gasteiger partial charge on any atom is -0.336 e. The summed E-state index contributed by atoms with van der Waals surface area (Å²) in [4.78, 5) is 15.1. The highest BCUT2D eigenvalue weighted by Crippen LogP contribution is 2.41. The number of carbonyl (C=O) groups is 1. The molecule has 4 rings (SSSR count). The lowest BCUT2D eigenvalue weighted by Gasteiger charge is -2.33. The number of benzene rings is 2. The number of hydrogen-bond donors (Lipinski definition) is 1. The average molecular weight is 426 g/mol. The van der Waals surface area contributed by atoms with Crippen LogP contribution in [0.3, 0.4) is 0 Å². The molecule has 1 heterocycles. The second-order valence-corrected chi connectivity index (χ2v) is 8.84. The maximum atomic E-state index is 12.8. The lowest BCUT2D eigenvalue weighted by Crippen LogP contribution is -2.45. The van der Waals surface area contributed by atoms with Crippen molar-refractivity contribution in [1.82, 2.24) is 10.2 Å². The molecule has 1 saturated carbocycles. The summed E-state index contributed by atoms with van der Waals surface area (Å²) < 4.78 is 0. The van der Waals surface area contributed by atoms with E-state index in [4.69, 9.17) is 0 Å². The Morgan fingerprint density at radius 3 is 2.62 bits per heavy atom. The Morgan fingerprint density at radius 2 is 1.91 bits per heavy atom. The van der Waals surface area contributed by atoms with Crippen LogP contribution in [0, 0.1) is 11.3 Å². The van der Waals surface area contributed by atoms with Crippen LogP contribution in [0.5, 0.6) is 0 Å². The number of nitrogens with one attached hydrogen (secondary N) is 1. The first-order valence-electron chi connectivity index (χ1n) is 11.8. The molecule has 1 saturated heterocycles. The van der Waals surface area contributed by atoms with E-state index in [9.17, 15) is 10.1 Å². The molecular weight excluding hydrogens is 394 g/mol. The standard InChI is InChI=1S/C28H31N3O/c1-2-3-13-26-30-27(32)28(18-7-8-19-28)31(26)20-9-6-10-22-14-16-23(17-15-22)25-12-5-4-11-24(25)21-29/h4-6,11-12,14-17,20,26H,2-3,7-8,10,13,18-19H2,1H3,(H,30,32). The Kier molecular flexibility index (Phi) is 6.78. The Labute approximate surface area is 191 Å². The summed E-state index contributed by atoms with van der Waals surface area (Å²) in [6, 6.07) is 18.3. The third kappa shape index (κ3) is 4.35. The van der Waals surface area contributed by atoms with E-state index in [0.29, 0.717) is 5.56 Å². The van der Waals surface area contributed by atoms with Gasteiger partial charge in [0.2, 0.25) is 5.91 Å². The number of carbonyl (C=O) groups excluding carboxylic acids is 1. The average Bonchev–Trinajstić information content (AvgIpc) is 3.42. The summed E-state index contributed by atoms with van der Waals surface area (Å²) in [6.45, 7) is 2.19. The fourth-order valence-corrected chi connectivity index (χ4v) is 5.00. The second kappa shape index (κ2) is 9.90. The summed E-state index contributed by atoms with van der Waals surface area (Å²) in [5.74, 6) is 0.197. The minimum absolute atomic E-state index is 0.0842. The van der Waals surface area contributed by atoms with Gasteiger partial charge in [-0.1, -0.05) is 68.7 Å². The highest BCUT2D eigenvalue weighted by Gasteiger charge is 2.52. The summed E-state index contributed by atoms with van der Waals surface area (Å²) in [7, 11) is 0. The number of allylic oxidation sites excluding steroid dienone is 1. The summed E-state index contributed by atoms with van der Waals surface area (Å²) in [5, 5.41) is 12.6. The molecule has 0 aromatic heterocycles. The molecule has 2 aromatic carbocycles. The fourth-order valence-electron chi connectivity index (χ4n) is 5.00. The van der Waals surface area contributed by atoms with Gasteiger partial charge < -0.3 is 10.2 Å². The van der Waals surface area contributed by atoms with E-state index < -0.39 is 0 Å².